The minimum absolute atomic E-state index is 0.226. The Hall–Kier alpha value is -2.38. The zero-order valence-corrected chi connectivity index (χ0v) is 15.7. The number of ether oxygens (including phenoxy) is 1. The first-order valence-electron chi connectivity index (χ1n) is 9.14. The highest BCUT2D eigenvalue weighted by Crippen LogP contribution is 2.34. The Morgan fingerprint density at radius 1 is 1.00 bits per heavy atom. The van der Waals surface area contributed by atoms with Crippen LogP contribution in [-0.4, -0.2) is 55.6 Å². The van der Waals surface area contributed by atoms with Gasteiger partial charge in [0.25, 0.3) is 0 Å². The van der Waals surface area contributed by atoms with Crippen molar-refractivity contribution in [3.05, 3.63) is 71.3 Å². The maximum absolute atomic E-state index is 13.2. The molecule has 0 aliphatic carbocycles. The van der Waals surface area contributed by atoms with Gasteiger partial charge in [0.1, 0.15) is 0 Å². The first kappa shape index (κ1) is 20.4. The fourth-order valence-corrected chi connectivity index (χ4v) is 3.56. The Morgan fingerprint density at radius 2 is 1.64 bits per heavy atom. The first-order valence-corrected chi connectivity index (χ1v) is 9.14. The lowest BCUT2D eigenvalue weighted by molar-refractivity contribution is -0.142. The number of benzene rings is 2. The van der Waals surface area contributed by atoms with E-state index in [9.17, 15) is 18.0 Å². The van der Waals surface area contributed by atoms with Gasteiger partial charge in [0.2, 0.25) is 0 Å². The van der Waals surface area contributed by atoms with Gasteiger partial charge in [-0.25, -0.2) is 0 Å². The lowest BCUT2D eigenvalue weighted by Crippen LogP contribution is -2.49. The molecule has 1 fully saturated rings. The molecule has 0 radical (unpaired) electrons. The van der Waals surface area contributed by atoms with E-state index < -0.39 is 11.7 Å². The number of methoxy groups -OCH3 is 1. The van der Waals surface area contributed by atoms with Crippen molar-refractivity contribution in [2.75, 3.05) is 39.8 Å². The number of hydrogen-bond acceptors (Lipinski definition) is 4. The summed E-state index contributed by atoms with van der Waals surface area (Å²) in [6.45, 7) is 2.82. The predicted molar refractivity (Wildman–Crippen MR) is 99.8 cm³/mol. The molecule has 1 saturated heterocycles. The SMILES string of the molecule is COC(=O)CN1CCN(C(c2ccccc2)c2cccc(C(F)(F)F)c2)CC1. The number of carbonyl (C=O) groups is 1. The summed E-state index contributed by atoms with van der Waals surface area (Å²) in [6.07, 6.45) is -4.38. The molecule has 7 heteroatoms. The maximum Gasteiger partial charge on any atom is 0.416 e. The summed E-state index contributed by atoms with van der Waals surface area (Å²) in [7, 11) is 1.36. The second-order valence-electron chi connectivity index (χ2n) is 6.82. The van der Waals surface area contributed by atoms with Gasteiger partial charge < -0.3 is 4.74 Å². The van der Waals surface area contributed by atoms with Gasteiger partial charge in [0.05, 0.1) is 25.3 Å². The monoisotopic (exact) mass is 392 g/mol. The van der Waals surface area contributed by atoms with Crippen molar-refractivity contribution in [1.82, 2.24) is 9.80 Å². The van der Waals surface area contributed by atoms with Gasteiger partial charge in [-0.15, -0.1) is 0 Å². The van der Waals surface area contributed by atoms with Crippen molar-refractivity contribution in [1.29, 1.82) is 0 Å². The van der Waals surface area contributed by atoms with E-state index >= 15 is 0 Å². The Kier molecular flexibility index (Phi) is 6.36. The summed E-state index contributed by atoms with van der Waals surface area (Å²) in [5.74, 6) is -0.286. The summed E-state index contributed by atoms with van der Waals surface area (Å²) >= 11 is 0. The molecule has 4 nitrogen and oxygen atoms in total. The molecule has 0 N–H and O–H groups in total. The van der Waals surface area contributed by atoms with Gasteiger partial charge in [-0.2, -0.15) is 13.2 Å². The van der Waals surface area contributed by atoms with Gasteiger partial charge in [0.15, 0.2) is 0 Å². The first-order chi connectivity index (χ1) is 13.4. The van der Waals surface area contributed by atoms with E-state index in [0.717, 1.165) is 11.6 Å². The summed E-state index contributed by atoms with van der Waals surface area (Å²) in [5.41, 5.74) is 0.918. The molecule has 0 spiro atoms. The molecule has 0 saturated carbocycles. The molecule has 1 unspecified atom stereocenters. The summed E-state index contributed by atoms with van der Waals surface area (Å²) in [6, 6.07) is 14.8. The van der Waals surface area contributed by atoms with Crippen molar-refractivity contribution in [2.45, 2.75) is 12.2 Å². The van der Waals surface area contributed by atoms with E-state index in [1.807, 2.05) is 35.2 Å². The standard InChI is InChI=1S/C21H23F3N2O2/c1-28-19(27)15-25-10-12-26(13-11-25)20(16-6-3-2-4-7-16)17-8-5-9-18(14-17)21(22,23)24/h2-9,14,20H,10-13,15H2,1H3. The van der Waals surface area contributed by atoms with E-state index in [4.69, 9.17) is 4.74 Å². The highest BCUT2D eigenvalue weighted by atomic mass is 19.4. The molecule has 2 aromatic carbocycles. The average Bonchev–Trinajstić information content (AvgIpc) is 2.70. The van der Waals surface area contributed by atoms with E-state index in [0.29, 0.717) is 31.7 Å². The average molecular weight is 392 g/mol. The number of hydrogen-bond donors (Lipinski definition) is 0. The molecule has 28 heavy (non-hydrogen) atoms. The van der Waals surface area contributed by atoms with Crippen LogP contribution in [0.25, 0.3) is 0 Å². The van der Waals surface area contributed by atoms with Crippen LogP contribution in [0.1, 0.15) is 22.7 Å². The van der Waals surface area contributed by atoms with Gasteiger partial charge in [-0.05, 0) is 23.3 Å². The van der Waals surface area contributed by atoms with Crippen LogP contribution in [0, 0.1) is 0 Å². The molecule has 1 aliphatic rings. The Morgan fingerprint density at radius 3 is 2.25 bits per heavy atom. The minimum Gasteiger partial charge on any atom is -0.468 e. The number of nitrogens with zero attached hydrogens (tertiary/aromatic N) is 2. The van der Waals surface area contributed by atoms with Crippen molar-refractivity contribution < 1.29 is 22.7 Å². The summed E-state index contributed by atoms with van der Waals surface area (Å²) in [4.78, 5) is 15.6. The minimum atomic E-state index is -4.38. The third-order valence-corrected chi connectivity index (χ3v) is 5.00. The van der Waals surface area contributed by atoms with E-state index in [1.165, 1.54) is 19.2 Å². The van der Waals surface area contributed by atoms with Crippen molar-refractivity contribution in [3.8, 4) is 0 Å². The normalized spacial score (nSPS) is 17.3. The molecule has 1 heterocycles. The molecule has 0 bridgehead atoms. The van der Waals surface area contributed by atoms with Crippen LogP contribution >= 0.6 is 0 Å². The van der Waals surface area contributed by atoms with Crippen molar-refractivity contribution in [2.24, 2.45) is 0 Å². The van der Waals surface area contributed by atoms with Gasteiger partial charge in [-0.1, -0.05) is 42.5 Å². The number of alkyl halides is 3. The van der Waals surface area contributed by atoms with Crippen LogP contribution in [0.3, 0.4) is 0 Å². The molecule has 1 aliphatic heterocycles. The topological polar surface area (TPSA) is 32.8 Å². The second kappa shape index (κ2) is 8.75. The molecule has 0 amide bonds. The summed E-state index contributed by atoms with van der Waals surface area (Å²) < 4.78 is 44.4. The van der Waals surface area contributed by atoms with Gasteiger partial charge in [0, 0.05) is 26.2 Å². The third-order valence-electron chi connectivity index (χ3n) is 5.00. The number of carbonyl (C=O) groups excluding carboxylic acids is 1. The highest BCUT2D eigenvalue weighted by molar-refractivity contribution is 5.71. The molecule has 3 rings (SSSR count). The van der Waals surface area contributed by atoms with Crippen LogP contribution in [0.4, 0.5) is 13.2 Å². The molecule has 150 valence electrons. The van der Waals surface area contributed by atoms with Crippen LogP contribution < -0.4 is 0 Å². The fraction of sp³-hybridized carbons (Fsp3) is 0.381. The van der Waals surface area contributed by atoms with Crippen LogP contribution in [-0.2, 0) is 15.7 Å². The van der Waals surface area contributed by atoms with Crippen molar-refractivity contribution >= 4 is 5.97 Å². The molecular weight excluding hydrogens is 369 g/mol. The second-order valence-corrected chi connectivity index (χ2v) is 6.82. The van der Waals surface area contributed by atoms with E-state index in [2.05, 4.69) is 4.90 Å². The lowest BCUT2D eigenvalue weighted by atomic mass is 9.95. The Bertz CT molecular complexity index is 788. The molecule has 1 atom stereocenters. The lowest BCUT2D eigenvalue weighted by Gasteiger charge is -2.39. The van der Waals surface area contributed by atoms with Crippen LogP contribution in [0.5, 0.6) is 0 Å². The maximum atomic E-state index is 13.2. The van der Waals surface area contributed by atoms with Crippen molar-refractivity contribution in [3.63, 3.8) is 0 Å². The fourth-order valence-electron chi connectivity index (χ4n) is 3.56. The molecular formula is C21H23F3N2O2. The number of esters is 1. The van der Waals surface area contributed by atoms with Gasteiger partial charge in [-0.3, -0.25) is 14.6 Å². The Balaban J connectivity index is 1.85. The van der Waals surface area contributed by atoms with Crippen LogP contribution in [0.15, 0.2) is 54.6 Å². The van der Waals surface area contributed by atoms with E-state index in [-0.39, 0.29) is 18.6 Å². The highest BCUT2D eigenvalue weighted by Gasteiger charge is 2.33. The van der Waals surface area contributed by atoms with Crippen LogP contribution in [0.2, 0.25) is 0 Å². The molecule has 0 aromatic heterocycles. The third kappa shape index (κ3) is 4.91. The zero-order chi connectivity index (χ0) is 20.1. The molecule has 2 aromatic rings. The number of piperazine rings is 1. The smallest absolute Gasteiger partial charge is 0.416 e. The zero-order valence-electron chi connectivity index (χ0n) is 15.7. The predicted octanol–water partition coefficient (Wildman–Crippen LogP) is 3.59. The quantitative estimate of drug-likeness (QED) is 0.729. The van der Waals surface area contributed by atoms with E-state index in [1.54, 1.807) is 6.07 Å². The summed E-state index contributed by atoms with van der Waals surface area (Å²) in [5, 5.41) is 0. The Labute approximate surface area is 162 Å². The van der Waals surface area contributed by atoms with Gasteiger partial charge >= 0.3 is 12.1 Å². The largest absolute Gasteiger partial charge is 0.468 e. The number of halogens is 3. The number of rotatable bonds is 5.